The second kappa shape index (κ2) is 6.47. The number of hydrogen-bond acceptors (Lipinski definition) is 4. The van der Waals surface area contributed by atoms with Gasteiger partial charge in [0, 0.05) is 57.3 Å². The Kier molecular flexibility index (Phi) is 4.66. The number of carbonyl (C=O) groups excluding carboxylic acids is 1. The first kappa shape index (κ1) is 13.0. The van der Waals surface area contributed by atoms with Crippen LogP contribution in [0.1, 0.15) is 16.8 Å². The normalized spacial score (nSPS) is 16.8. The van der Waals surface area contributed by atoms with Crippen molar-refractivity contribution in [3.8, 4) is 0 Å². The molecule has 18 heavy (non-hydrogen) atoms. The fourth-order valence-corrected chi connectivity index (χ4v) is 2.15. The Bertz CT molecular complexity index is 375. The molecule has 1 amide bonds. The number of piperazine rings is 1. The van der Waals surface area contributed by atoms with Gasteiger partial charge in [0.25, 0.3) is 5.91 Å². The van der Waals surface area contributed by atoms with Crippen molar-refractivity contribution in [1.82, 2.24) is 14.8 Å². The molecule has 1 saturated heterocycles. The summed E-state index contributed by atoms with van der Waals surface area (Å²) in [4.78, 5) is 20.2. The molecule has 2 rings (SSSR count). The van der Waals surface area contributed by atoms with Crippen LogP contribution in [0.15, 0.2) is 24.5 Å². The minimum atomic E-state index is 0.0826. The Hall–Kier alpha value is -1.46. The third-order valence-electron chi connectivity index (χ3n) is 3.22. The second-order valence-corrected chi connectivity index (χ2v) is 4.45. The lowest BCUT2D eigenvalue weighted by atomic mass is 10.2. The summed E-state index contributed by atoms with van der Waals surface area (Å²) in [6.07, 6.45) is 4.09. The Labute approximate surface area is 107 Å². The number of carbonyl (C=O) groups is 1. The zero-order valence-corrected chi connectivity index (χ0v) is 10.5. The standard InChI is InChI=1S/C13H19N3O2/c17-11-1-6-15-7-9-16(10-8-15)13(18)12-2-4-14-5-3-12/h2-5,17H,1,6-11H2. The van der Waals surface area contributed by atoms with Crippen LogP contribution in [0.4, 0.5) is 0 Å². The summed E-state index contributed by atoms with van der Waals surface area (Å²) in [5.74, 6) is 0.0826. The minimum absolute atomic E-state index is 0.0826. The van der Waals surface area contributed by atoms with E-state index in [9.17, 15) is 4.79 Å². The molecule has 98 valence electrons. The van der Waals surface area contributed by atoms with Crippen LogP contribution >= 0.6 is 0 Å². The predicted molar refractivity (Wildman–Crippen MR) is 68.3 cm³/mol. The van der Waals surface area contributed by atoms with Crippen molar-refractivity contribution < 1.29 is 9.90 Å². The summed E-state index contributed by atoms with van der Waals surface area (Å²) in [6.45, 7) is 4.43. The molecule has 0 unspecified atom stereocenters. The summed E-state index contributed by atoms with van der Waals surface area (Å²) < 4.78 is 0. The number of aromatic nitrogens is 1. The van der Waals surface area contributed by atoms with Gasteiger partial charge in [0.1, 0.15) is 0 Å². The van der Waals surface area contributed by atoms with Crippen LogP contribution in [0.3, 0.4) is 0 Å². The van der Waals surface area contributed by atoms with Crippen molar-refractivity contribution in [1.29, 1.82) is 0 Å². The molecule has 0 saturated carbocycles. The van der Waals surface area contributed by atoms with Crippen LogP contribution in [0, 0.1) is 0 Å². The van der Waals surface area contributed by atoms with Crippen molar-refractivity contribution in [3.05, 3.63) is 30.1 Å². The number of hydrogen-bond donors (Lipinski definition) is 1. The molecule has 0 aliphatic carbocycles. The lowest BCUT2D eigenvalue weighted by Crippen LogP contribution is -2.48. The SMILES string of the molecule is O=C(c1ccncc1)N1CCN(CCCO)CC1. The van der Waals surface area contributed by atoms with Gasteiger partial charge in [-0.05, 0) is 18.6 Å². The maximum atomic E-state index is 12.2. The lowest BCUT2D eigenvalue weighted by molar-refractivity contribution is 0.0629. The van der Waals surface area contributed by atoms with E-state index in [4.69, 9.17) is 5.11 Å². The smallest absolute Gasteiger partial charge is 0.254 e. The highest BCUT2D eigenvalue weighted by Gasteiger charge is 2.21. The van der Waals surface area contributed by atoms with Gasteiger partial charge in [-0.25, -0.2) is 0 Å². The molecule has 0 radical (unpaired) electrons. The Morgan fingerprint density at radius 2 is 1.89 bits per heavy atom. The molecule has 0 aromatic carbocycles. The molecule has 2 heterocycles. The molecule has 0 bridgehead atoms. The van der Waals surface area contributed by atoms with Gasteiger partial charge in [0.2, 0.25) is 0 Å². The Morgan fingerprint density at radius 1 is 1.22 bits per heavy atom. The molecule has 1 aromatic heterocycles. The van der Waals surface area contributed by atoms with E-state index in [2.05, 4.69) is 9.88 Å². The maximum absolute atomic E-state index is 12.2. The zero-order valence-electron chi connectivity index (χ0n) is 10.5. The zero-order chi connectivity index (χ0) is 12.8. The van der Waals surface area contributed by atoms with Crippen LogP contribution in [-0.2, 0) is 0 Å². The first-order valence-corrected chi connectivity index (χ1v) is 6.34. The van der Waals surface area contributed by atoms with E-state index in [0.717, 1.165) is 39.1 Å². The molecule has 5 nitrogen and oxygen atoms in total. The highest BCUT2D eigenvalue weighted by Crippen LogP contribution is 2.08. The highest BCUT2D eigenvalue weighted by atomic mass is 16.3. The van der Waals surface area contributed by atoms with Gasteiger partial charge in [-0.2, -0.15) is 0 Å². The molecule has 1 fully saturated rings. The Balaban J connectivity index is 1.84. The van der Waals surface area contributed by atoms with E-state index in [-0.39, 0.29) is 12.5 Å². The molecular formula is C13H19N3O2. The van der Waals surface area contributed by atoms with Gasteiger partial charge >= 0.3 is 0 Å². The molecule has 0 atom stereocenters. The largest absolute Gasteiger partial charge is 0.396 e. The number of nitrogens with zero attached hydrogens (tertiary/aromatic N) is 3. The summed E-state index contributed by atoms with van der Waals surface area (Å²) in [5, 5.41) is 8.79. The summed E-state index contributed by atoms with van der Waals surface area (Å²) in [6, 6.07) is 3.50. The number of amides is 1. The fourth-order valence-electron chi connectivity index (χ4n) is 2.15. The average Bonchev–Trinajstić information content (AvgIpc) is 2.46. The van der Waals surface area contributed by atoms with E-state index < -0.39 is 0 Å². The molecule has 1 aliphatic heterocycles. The summed E-state index contributed by atoms with van der Waals surface area (Å²) in [5.41, 5.74) is 0.703. The van der Waals surface area contributed by atoms with Crippen molar-refractivity contribution in [2.24, 2.45) is 0 Å². The van der Waals surface area contributed by atoms with E-state index in [1.54, 1.807) is 24.5 Å². The molecular weight excluding hydrogens is 230 g/mol. The Morgan fingerprint density at radius 3 is 2.50 bits per heavy atom. The monoisotopic (exact) mass is 249 g/mol. The predicted octanol–water partition coefficient (Wildman–Crippen LogP) is 0.222. The number of aliphatic hydroxyl groups excluding tert-OH is 1. The van der Waals surface area contributed by atoms with Crippen LogP contribution in [0.2, 0.25) is 0 Å². The topological polar surface area (TPSA) is 56.7 Å². The summed E-state index contributed by atoms with van der Waals surface area (Å²) >= 11 is 0. The van der Waals surface area contributed by atoms with Crippen LogP contribution in [-0.4, -0.2) is 65.1 Å². The van der Waals surface area contributed by atoms with Gasteiger partial charge in [-0.3, -0.25) is 14.7 Å². The minimum Gasteiger partial charge on any atom is -0.396 e. The van der Waals surface area contributed by atoms with Crippen molar-refractivity contribution in [2.75, 3.05) is 39.3 Å². The summed E-state index contributed by atoms with van der Waals surface area (Å²) in [7, 11) is 0. The van der Waals surface area contributed by atoms with Crippen molar-refractivity contribution in [2.45, 2.75) is 6.42 Å². The first-order chi connectivity index (χ1) is 8.81. The maximum Gasteiger partial charge on any atom is 0.254 e. The second-order valence-electron chi connectivity index (χ2n) is 4.45. The van der Waals surface area contributed by atoms with E-state index >= 15 is 0 Å². The van der Waals surface area contributed by atoms with Gasteiger partial charge in [0.15, 0.2) is 0 Å². The first-order valence-electron chi connectivity index (χ1n) is 6.34. The molecule has 5 heteroatoms. The molecule has 1 aromatic rings. The van der Waals surface area contributed by atoms with Gasteiger partial charge in [-0.1, -0.05) is 0 Å². The fraction of sp³-hybridized carbons (Fsp3) is 0.538. The molecule has 0 spiro atoms. The van der Waals surface area contributed by atoms with Gasteiger partial charge < -0.3 is 10.0 Å². The third kappa shape index (κ3) is 3.27. The molecule has 1 N–H and O–H groups in total. The number of pyridine rings is 1. The van der Waals surface area contributed by atoms with Gasteiger partial charge in [0.05, 0.1) is 0 Å². The van der Waals surface area contributed by atoms with E-state index in [0.29, 0.717) is 5.56 Å². The average molecular weight is 249 g/mol. The van der Waals surface area contributed by atoms with Crippen molar-refractivity contribution in [3.63, 3.8) is 0 Å². The van der Waals surface area contributed by atoms with E-state index in [1.807, 2.05) is 4.90 Å². The van der Waals surface area contributed by atoms with Crippen LogP contribution < -0.4 is 0 Å². The molecule has 1 aliphatic rings. The quantitative estimate of drug-likeness (QED) is 0.829. The van der Waals surface area contributed by atoms with E-state index in [1.165, 1.54) is 0 Å². The van der Waals surface area contributed by atoms with Gasteiger partial charge in [-0.15, -0.1) is 0 Å². The number of rotatable bonds is 4. The number of aliphatic hydroxyl groups is 1. The van der Waals surface area contributed by atoms with Crippen LogP contribution in [0.5, 0.6) is 0 Å². The van der Waals surface area contributed by atoms with Crippen LogP contribution in [0.25, 0.3) is 0 Å². The lowest BCUT2D eigenvalue weighted by Gasteiger charge is -2.34. The third-order valence-corrected chi connectivity index (χ3v) is 3.22. The highest BCUT2D eigenvalue weighted by molar-refractivity contribution is 5.94. The van der Waals surface area contributed by atoms with Crippen molar-refractivity contribution >= 4 is 5.91 Å².